The van der Waals surface area contributed by atoms with Crippen molar-refractivity contribution in [3.05, 3.63) is 28.5 Å². The molecule has 21 heavy (non-hydrogen) atoms. The van der Waals surface area contributed by atoms with Crippen LogP contribution in [0.4, 0.5) is 4.39 Å². The van der Waals surface area contributed by atoms with Gasteiger partial charge >= 0.3 is 0 Å². The van der Waals surface area contributed by atoms with Gasteiger partial charge in [0.15, 0.2) is 6.61 Å². The van der Waals surface area contributed by atoms with Gasteiger partial charge in [-0.1, -0.05) is 12.8 Å². The Hall–Kier alpha value is -1.14. The van der Waals surface area contributed by atoms with Crippen LogP contribution in [0.25, 0.3) is 0 Å². The highest BCUT2D eigenvalue weighted by molar-refractivity contribution is 9.10. The molecule has 1 aliphatic rings. The van der Waals surface area contributed by atoms with Gasteiger partial charge in [0.25, 0.3) is 5.91 Å². The van der Waals surface area contributed by atoms with Gasteiger partial charge in [-0.3, -0.25) is 4.79 Å². The number of rotatable bonds is 5. The molecule has 0 saturated heterocycles. The summed E-state index contributed by atoms with van der Waals surface area (Å²) in [5.74, 6) is -0.0441. The lowest BCUT2D eigenvalue weighted by Gasteiger charge is -2.30. The van der Waals surface area contributed by atoms with Gasteiger partial charge in [-0.25, -0.2) is 4.39 Å². The largest absolute Gasteiger partial charge is 0.483 e. The minimum Gasteiger partial charge on any atom is -0.483 e. The maximum atomic E-state index is 12.9. The van der Waals surface area contributed by atoms with E-state index in [1.807, 2.05) is 0 Å². The first kappa shape index (κ1) is 16.2. The number of carbonyl (C=O) groups is 1. The average molecular weight is 360 g/mol. The summed E-state index contributed by atoms with van der Waals surface area (Å²) in [6.45, 7) is -0.0335. The van der Waals surface area contributed by atoms with E-state index >= 15 is 0 Å². The second-order valence-corrected chi connectivity index (χ2v) is 6.12. The van der Waals surface area contributed by atoms with Crippen LogP contribution >= 0.6 is 15.9 Å². The Bertz CT molecular complexity index is 498. The molecule has 0 aliphatic heterocycles. The van der Waals surface area contributed by atoms with Crippen LogP contribution in [0.3, 0.4) is 0 Å². The standard InChI is InChI=1S/C15H19BrFNO3/c16-12-7-11(17)5-6-14(12)21-9-15(20)18-13-4-2-1-3-10(13)8-19/h5-7,10,13,19H,1-4,8-9H2,(H,18,20). The van der Waals surface area contributed by atoms with Crippen LogP contribution in [0.5, 0.6) is 5.75 Å². The molecule has 2 unspecified atom stereocenters. The number of carbonyl (C=O) groups excluding carboxylic acids is 1. The van der Waals surface area contributed by atoms with E-state index in [0.717, 1.165) is 25.7 Å². The summed E-state index contributed by atoms with van der Waals surface area (Å²) in [6.07, 6.45) is 3.98. The van der Waals surface area contributed by atoms with Crippen molar-refractivity contribution >= 4 is 21.8 Å². The van der Waals surface area contributed by atoms with E-state index in [9.17, 15) is 14.3 Å². The van der Waals surface area contributed by atoms with E-state index < -0.39 is 0 Å². The topological polar surface area (TPSA) is 58.6 Å². The van der Waals surface area contributed by atoms with Crippen LogP contribution in [-0.4, -0.2) is 30.3 Å². The predicted octanol–water partition coefficient (Wildman–Crippen LogP) is 2.63. The lowest BCUT2D eigenvalue weighted by atomic mass is 9.85. The fourth-order valence-corrected chi connectivity index (χ4v) is 3.07. The first-order valence-corrected chi connectivity index (χ1v) is 7.87. The summed E-state index contributed by atoms with van der Waals surface area (Å²) < 4.78 is 18.8. The van der Waals surface area contributed by atoms with Gasteiger partial charge < -0.3 is 15.2 Å². The van der Waals surface area contributed by atoms with Crippen molar-refractivity contribution in [2.45, 2.75) is 31.7 Å². The van der Waals surface area contributed by atoms with Crippen LogP contribution in [0.15, 0.2) is 22.7 Å². The number of aliphatic hydroxyl groups is 1. The van der Waals surface area contributed by atoms with Crippen molar-refractivity contribution < 1.29 is 19.0 Å². The SMILES string of the molecule is O=C(COc1ccc(F)cc1Br)NC1CCCCC1CO. The van der Waals surface area contributed by atoms with E-state index in [4.69, 9.17) is 4.74 Å². The van der Waals surface area contributed by atoms with Gasteiger partial charge in [-0.2, -0.15) is 0 Å². The Morgan fingerprint density at radius 1 is 1.43 bits per heavy atom. The lowest BCUT2D eigenvalue weighted by Crippen LogP contribution is -2.45. The maximum absolute atomic E-state index is 12.9. The number of nitrogens with one attached hydrogen (secondary N) is 1. The molecule has 0 radical (unpaired) electrons. The molecule has 2 rings (SSSR count). The van der Waals surface area contributed by atoms with E-state index in [2.05, 4.69) is 21.2 Å². The molecule has 0 spiro atoms. The zero-order valence-corrected chi connectivity index (χ0v) is 13.2. The second-order valence-electron chi connectivity index (χ2n) is 5.26. The Kier molecular flexibility index (Phi) is 5.99. The number of amides is 1. The van der Waals surface area contributed by atoms with Crippen LogP contribution in [0, 0.1) is 11.7 Å². The van der Waals surface area contributed by atoms with Gasteiger partial charge in [0.2, 0.25) is 0 Å². The molecule has 4 nitrogen and oxygen atoms in total. The first-order chi connectivity index (χ1) is 10.1. The molecule has 2 N–H and O–H groups in total. The molecule has 0 heterocycles. The molecule has 1 saturated carbocycles. The molecule has 1 fully saturated rings. The summed E-state index contributed by atoms with van der Waals surface area (Å²) in [6, 6.07) is 4.05. The lowest BCUT2D eigenvalue weighted by molar-refractivity contribution is -0.124. The fraction of sp³-hybridized carbons (Fsp3) is 0.533. The zero-order chi connectivity index (χ0) is 15.2. The second kappa shape index (κ2) is 7.75. The van der Waals surface area contributed by atoms with E-state index in [0.29, 0.717) is 10.2 Å². The maximum Gasteiger partial charge on any atom is 0.258 e. The first-order valence-electron chi connectivity index (χ1n) is 7.08. The number of benzene rings is 1. The van der Waals surface area contributed by atoms with Gasteiger partial charge in [-0.15, -0.1) is 0 Å². The third kappa shape index (κ3) is 4.68. The molecule has 0 aromatic heterocycles. The number of ether oxygens (including phenoxy) is 1. The van der Waals surface area contributed by atoms with Crippen molar-refractivity contribution in [2.24, 2.45) is 5.92 Å². The fourth-order valence-electron chi connectivity index (χ4n) is 2.60. The van der Waals surface area contributed by atoms with Crippen molar-refractivity contribution in [1.82, 2.24) is 5.32 Å². The van der Waals surface area contributed by atoms with Crippen LogP contribution in [-0.2, 0) is 4.79 Å². The smallest absolute Gasteiger partial charge is 0.258 e. The molecule has 1 aliphatic carbocycles. The van der Waals surface area contributed by atoms with E-state index in [1.54, 1.807) is 0 Å². The molecule has 0 bridgehead atoms. The molecule has 116 valence electrons. The van der Waals surface area contributed by atoms with Gasteiger partial charge in [0.05, 0.1) is 4.47 Å². The van der Waals surface area contributed by atoms with Crippen LogP contribution in [0.2, 0.25) is 0 Å². The molecule has 2 atom stereocenters. The van der Waals surface area contributed by atoms with Crippen molar-refractivity contribution in [3.8, 4) is 5.75 Å². The summed E-state index contributed by atoms with van der Waals surface area (Å²) >= 11 is 3.19. The zero-order valence-electron chi connectivity index (χ0n) is 11.6. The highest BCUT2D eigenvalue weighted by Gasteiger charge is 2.25. The minimum absolute atomic E-state index is 0.0107. The Morgan fingerprint density at radius 3 is 2.90 bits per heavy atom. The molecular formula is C15H19BrFNO3. The van der Waals surface area contributed by atoms with Gasteiger partial charge in [0.1, 0.15) is 11.6 Å². The van der Waals surface area contributed by atoms with E-state index in [-0.39, 0.29) is 36.9 Å². The number of halogens is 2. The minimum atomic E-state index is -0.369. The van der Waals surface area contributed by atoms with Crippen molar-refractivity contribution in [1.29, 1.82) is 0 Å². The van der Waals surface area contributed by atoms with Crippen molar-refractivity contribution in [3.63, 3.8) is 0 Å². The number of aliphatic hydroxyl groups excluding tert-OH is 1. The summed E-state index contributed by atoms with van der Waals surface area (Å²) in [7, 11) is 0. The average Bonchev–Trinajstić information content (AvgIpc) is 2.47. The molecular weight excluding hydrogens is 341 g/mol. The molecule has 1 aromatic rings. The summed E-state index contributed by atoms with van der Waals surface area (Å²) in [5.41, 5.74) is 0. The highest BCUT2D eigenvalue weighted by Crippen LogP contribution is 2.26. The van der Waals surface area contributed by atoms with Gasteiger partial charge in [0, 0.05) is 18.6 Å². The number of hydrogen-bond donors (Lipinski definition) is 2. The Balaban J connectivity index is 1.84. The highest BCUT2D eigenvalue weighted by atomic mass is 79.9. The predicted molar refractivity (Wildman–Crippen MR) is 80.6 cm³/mol. The third-order valence-corrected chi connectivity index (χ3v) is 4.36. The Labute approximate surface area is 131 Å². The molecule has 6 heteroatoms. The normalized spacial score (nSPS) is 21.9. The van der Waals surface area contributed by atoms with Gasteiger partial charge in [-0.05, 0) is 47.0 Å². The van der Waals surface area contributed by atoms with Crippen LogP contribution < -0.4 is 10.1 Å². The van der Waals surface area contributed by atoms with Crippen LogP contribution in [0.1, 0.15) is 25.7 Å². The quantitative estimate of drug-likeness (QED) is 0.849. The van der Waals surface area contributed by atoms with Crippen molar-refractivity contribution in [2.75, 3.05) is 13.2 Å². The molecule has 1 aromatic carbocycles. The summed E-state index contributed by atoms with van der Waals surface area (Å²) in [5, 5.41) is 12.2. The number of hydrogen-bond acceptors (Lipinski definition) is 3. The van der Waals surface area contributed by atoms with E-state index in [1.165, 1.54) is 18.2 Å². The monoisotopic (exact) mass is 359 g/mol. The Morgan fingerprint density at radius 2 is 2.19 bits per heavy atom. The molecule has 1 amide bonds. The third-order valence-electron chi connectivity index (χ3n) is 3.74. The summed E-state index contributed by atoms with van der Waals surface area (Å²) in [4.78, 5) is 11.9.